The minimum absolute atomic E-state index is 0.113. The molecule has 2 aromatic rings. The summed E-state index contributed by atoms with van der Waals surface area (Å²) < 4.78 is 0. The van der Waals surface area contributed by atoms with Gasteiger partial charge in [0.2, 0.25) is 0 Å². The molecule has 2 saturated carbocycles. The lowest BCUT2D eigenvalue weighted by atomic mass is 9.75. The largest absolute Gasteiger partial charge is 0.307 e. The quantitative estimate of drug-likeness (QED) is 0.841. The number of thiazole rings is 1. The zero-order valence-corrected chi connectivity index (χ0v) is 14.2. The van der Waals surface area contributed by atoms with Gasteiger partial charge in [0.25, 0.3) is 0 Å². The molecule has 1 N–H and O–H groups in total. The average molecular weight is 329 g/mol. The minimum atomic E-state index is 0.113. The van der Waals surface area contributed by atoms with Crippen LogP contribution in [0.3, 0.4) is 0 Å². The van der Waals surface area contributed by atoms with E-state index in [2.05, 4.69) is 36.2 Å². The molecule has 3 aliphatic rings. The van der Waals surface area contributed by atoms with Gasteiger partial charge in [0.15, 0.2) is 0 Å². The first-order chi connectivity index (χ1) is 10.7. The van der Waals surface area contributed by atoms with E-state index in [1.54, 1.807) is 0 Å². The Hall–Kier alpha value is -1.000. The van der Waals surface area contributed by atoms with Gasteiger partial charge in [0.1, 0.15) is 0 Å². The van der Waals surface area contributed by atoms with E-state index in [0.29, 0.717) is 11.2 Å². The maximum Gasteiger partial charge on any atom is 0.305 e. The second-order valence-corrected chi connectivity index (χ2v) is 9.29. The number of H-pyrrole nitrogens is 1. The summed E-state index contributed by atoms with van der Waals surface area (Å²) in [5.74, 6) is 2.88. The van der Waals surface area contributed by atoms with Crippen LogP contribution < -0.4 is 4.87 Å². The number of fused-ring (bicyclic) bond motifs is 6. The van der Waals surface area contributed by atoms with Gasteiger partial charge in [0, 0.05) is 16.0 Å². The maximum absolute atomic E-state index is 11.9. The molecule has 1 aliphatic heterocycles. The first-order valence-corrected chi connectivity index (χ1v) is 9.86. The van der Waals surface area contributed by atoms with Crippen molar-refractivity contribution < 1.29 is 0 Å². The summed E-state index contributed by atoms with van der Waals surface area (Å²) in [4.78, 5) is 16.5. The van der Waals surface area contributed by atoms with Crippen LogP contribution in [0.5, 0.6) is 0 Å². The Labute approximate surface area is 138 Å². The van der Waals surface area contributed by atoms with Crippen molar-refractivity contribution in [2.45, 2.75) is 42.4 Å². The lowest BCUT2D eigenvalue weighted by molar-refractivity contribution is 0.307. The van der Waals surface area contributed by atoms with E-state index in [0.717, 1.165) is 22.8 Å². The lowest BCUT2D eigenvalue weighted by Gasteiger charge is -2.40. The van der Waals surface area contributed by atoms with Crippen LogP contribution in [0.4, 0.5) is 0 Å². The Morgan fingerprint density at radius 2 is 1.91 bits per heavy atom. The average Bonchev–Trinajstić information content (AvgIpc) is 3.19. The van der Waals surface area contributed by atoms with E-state index in [1.165, 1.54) is 46.6 Å². The van der Waals surface area contributed by atoms with Gasteiger partial charge in [0.05, 0.1) is 5.03 Å². The number of thioether (sulfide) groups is 1. The number of hydrogen-bond donors (Lipinski definition) is 1. The molecule has 4 heteroatoms. The first kappa shape index (κ1) is 13.4. The van der Waals surface area contributed by atoms with Crippen LogP contribution in [0.25, 0.3) is 0 Å². The molecule has 2 bridgehead atoms. The van der Waals surface area contributed by atoms with Crippen LogP contribution in [0.1, 0.15) is 41.2 Å². The Kier molecular flexibility index (Phi) is 2.90. The highest BCUT2D eigenvalue weighted by Crippen LogP contribution is 2.63. The number of rotatable bonds is 1. The fourth-order valence-corrected chi connectivity index (χ4v) is 7.89. The van der Waals surface area contributed by atoms with Gasteiger partial charge in [-0.05, 0) is 49.5 Å². The van der Waals surface area contributed by atoms with Crippen LogP contribution in [0, 0.1) is 24.7 Å². The minimum Gasteiger partial charge on any atom is -0.307 e. The molecule has 0 saturated heterocycles. The molecule has 5 atom stereocenters. The fourth-order valence-electron chi connectivity index (χ4n) is 5.00. The topological polar surface area (TPSA) is 32.9 Å². The molecule has 114 valence electrons. The standard InChI is InChI=1S/C18H19NOS2/c1-9-2-4-10(5-3-9)13-14-11-6-7-12(8-11)15(14)21-17-16(13)22-18(20)19-17/h2-5,11-15H,6-8H2,1H3,(H,19,20)/t11-,12-,13+,14-,15-/m1/s1. The maximum atomic E-state index is 11.9. The Morgan fingerprint density at radius 1 is 1.14 bits per heavy atom. The number of benzene rings is 1. The van der Waals surface area contributed by atoms with E-state index in [9.17, 15) is 4.79 Å². The highest BCUT2D eigenvalue weighted by Gasteiger charge is 2.54. The van der Waals surface area contributed by atoms with Crippen molar-refractivity contribution in [3.05, 3.63) is 49.9 Å². The monoisotopic (exact) mass is 329 g/mol. The summed E-state index contributed by atoms with van der Waals surface area (Å²) in [6.07, 6.45) is 4.19. The molecule has 2 nitrogen and oxygen atoms in total. The zero-order valence-electron chi connectivity index (χ0n) is 12.5. The molecule has 2 aliphatic carbocycles. The van der Waals surface area contributed by atoms with E-state index in [1.807, 2.05) is 11.8 Å². The third-order valence-corrected chi connectivity index (χ3v) is 8.53. The number of hydrogen-bond acceptors (Lipinski definition) is 3. The van der Waals surface area contributed by atoms with Crippen molar-refractivity contribution in [1.29, 1.82) is 0 Å². The lowest BCUT2D eigenvalue weighted by Crippen LogP contribution is -2.33. The molecular weight excluding hydrogens is 310 g/mol. The van der Waals surface area contributed by atoms with Gasteiger partial charge >= 0.3 is 4.87 Å². The van der Waals surface area contributed by atoms with Crippen molar-refractivity contribution in [1.82, 2.24) is 4.98 Å². The van der Waals surface area contributed by atoms with Crippen molar-refractivity contribution in [3.63, 3.8) is 0 Å². The summed E-state index contributed by atoms with van der Waals surface area (Å²) in [5, 5.41) is 1.87. The summed E-state index contributed by atoms with van der Waals surface area (Å²) in [5.41, 5.74) is 2.71. The molecular formula is C18H19NOS2. The van der Waals surface area contributed by atoms with E-state index < -0.39 is 0 Å². The summed E-state index contributed by atoms with van der Waals surface area (Å²) in [7, 11) is 0. The zero-order chi connectivity index (χ0) is 14.8. The van der Waals surface area contributed by atoms with Crippen LogP contribution in [-0.4, -0.2) is 10.2 Å². The van der Waals surface area contributed by atoms with Gasteiger partial charge in [-0.25, -0.2) is 0 Å². The van der Waals surface area contributed by atoms with Gasteiger partial charge in [-0.2, -0.15) is 0 Å². The third kappa shape index (κ3) is 1.83. The molecule has 1 aromatic heterocycles. The van der Waals surface area contributed by atoms with Crippen LogP contribution >= 0.6 is 23.1 Å². The van der Waals surface area contributed by atoms with E-state index >= 15 is 0 Å². The number of aromatic amines is 1. The van der Waals surface area contributed by atoms with Crippen molar-refractivity contribution in [2.75, 3.05) is 0 Å². The smallest absolute Gasteiger partial charge is 0.305 e. The van der Waals surface area contributed by atoms with Gasteiger partial charge in [-0.1, -0.05) is 41.2 Å². The normalized spacial score (nSPS) is 35.4. The van der Waals surface area contributed by atoms with Crippen LogP contribution in [-0.2, 0) is 0 Å². The fraction of sp³-hybridized carbons (Fsp3) is 0.500. The predicted molar refractivity (Wildman–Crippen MR) is 91.9 cm³/mol. The molecule has 0 unspecified atom stereocenters. The summed E-state index contributed by atoms with van der Waals surface area (Å²) >= 11 is 3.41. The van der Waals surface area contributed by atoms with Crippen LogP contribution in [0.2, 0.25) is 0 Å². The highest BCUT2D eigenvalue weighted by atomic mass is 32.2. The first-order valence-electron chi connectivity index (χ1n) is 8.17. The van der Waals surface area contributed by atoms with Gasteiger partial charge < -0.3 is 4.98 Å². The number of aromatic nitrogens is 1. The molecule has 22 heavy (non-hydrogen) atoms. The Balaban J connectivity index is 1.68. The Morgan fingerprint density at radius 3 is 2.73 bits per heavy atom. The predicted octanol–water partition coefficient (Wildman–Crippen LogP) is 4.40. The second-order valence-electron chi connectivity index (χ2n) is 7.09. The van der Waals surface area contributed by atoms with Gasteiger partial charge in [-0.3, -0.25) is 4.79 Å². The third-order valence-electron chi connectivity index (χ3n) is 5.90. The van der Waals surface area contributed by atoms with Crippen molar-refractivity contribution >= 4 is 23.1 Å². The molecule has 2 fully saturated rings. The summed E-state index contributed by atoms with van der Waals surface area (Å²) in [6, 6.07) is 9.00. The van der Waals surface area contributed by atoms with Crippen molar-refractivity contribution in [3.8, 4) is 0 Å². The van der Waals surface area contributed by atoms with E-state index in [-0.39, 0.29) is 4.87 Å². The molecule has 0 spiro atoms. The molecule has 1 aromatic carbocycles. The molecule has 0 amide bonds. The Bertz CT molecular complexity index is 775. The summed E-state index contributed by atoms with van der Waals surface area (Å²) in [6.45, 7) is 2.14. The second kappa shape index (κ2) is 4.75. The highest BCUT2D eigenvalue weighted by molar-refractivity contribution is 8.00. The molecule has 5 rings (SSSR count). The number of nitrogens with one attached hydrogen (secondary N) is 1. The number of aryl methyl sites for hydroxylation is 1. The molecule has 2 heterocycles. The SMILES string of the molecule is Cc1ccc([C@@H]2c3sc(=O)[nH]c3S[C@@H]3[C@@H]4CC[C@H](C4)[C@H]23)cc1. The van der Waals surface area contributed by atoms with Gasteiger partial charge in [-0.15, -0.1) is 11.8 Å². The van der Waals surface area contributed by atoms with E-state index in [4.69, 9.17) is 0 Å². The van der Waals surface area contributed by atoms with Crippen molar-refractivity contribution in [2.24, 2.45) is 17.8 Å². The molecule has 0 radical (unpaired) electrons. The van der Waals surface area contributed by atoms with Crippen LogP contribution in [0.15, 0.2) is 34.1 Å².